The minimum absolute atomic E-state index is 0.0345. The summed E-state index contributed by atoms with van der Waals surface area (Å²) in [6, 6.07) is 7.68. The number of nitrogens with zero attached hydrogens (tertiary/aromatic N) is 2. The van der Waals surface area contributed by atoms with E-state index in [4.69, 9.17) is 9.97 Å². The van der Waals surface area contributed by atoms with Crippen LogP contribution in [0.1, 0.15) is 78.1 Å². The maximum absolute atomic E-state index is 11.5. The van der Waals surface area contributed by atoms with Crippen LogP contribution < -0.4 is 0 Å². The number of aromatic nitrogens is 4. The zero-order chi connectivity index (χ0) is 30.3. The van der Waals surface area contributed by atoms with Gasteiger partial charge in [-0.3, -0.25) is 9.59 Å². The average molecular weight is 567 g/mol. The number of fused-ring (bicyclic) bond motifs is 8. The van der Waals surface area contributed by atoms with Crippen molar-refractivity contribution in [3.05, 3.63) is 75.9 Å². The Morgan fingerprint density at radius 2 is 1.29 bits per heavy atom. The highest BCUT2D eigenvalue weighted by Gasteiger charge is 2.22. The number of aliphatic hydroxyl groups excluding tert-OH is 1. The van der Waals surface area contributed by atoms with Gasteiger partial charge < -0.3 is 25.3 Å². The van der Waals surface area contributed by atoms with Crippen LogP contribution in [-0.2, 0) is 16.0 Å². The fourth-order valence-electron chi connectivity index (χ4n) is 5.74. The van der Waals surface area contributed by atoms with Crippen molar-refractivity contribution in [1.82, 2.24) is 19.9 Å². The van der Waals surface area contributed by atoms with Gasteiger partial charge in [0.15, 0.2) is 0 Å². The number of rotatable bonds is 8. The van der Waals surface area contributed by atoms with Crippen LogP contribution in [0.25, 0.3) is 50.4 Å². The summed E-state index contributed by atoms with van der Waals surface area (Å²) < 4.78 is 0. The summed E-state index contributed by atoms with van der Waals surface area (Å²) in [5.41, 5.74) is 12.7. The fourth-order valence-corrected chi connectivity index (χ4v) is 5.74. The van der Waals surface area contributed by atoms with E-state index in [0.29, 0.717) is 29.2 Å². The Morgan fingerprint density at radius 3 is 1.90 bits per heavy atom. The molecule has 216 valence electrons. The number of carbonyl (C=O) groups is 2. The van der Waals surface area contributed by atoms with Crippen molar-refractivity contribution in [3.63, 3.8) is 0 Å². The van der Waals surface area contributed by atoms with Crippen LogP contribution in [-0.4, -0.2) is 53.8 Å². The lowest BCUT2D eigenvalue weighted by Crippen LogP contribution is -1.98. The number of nitrogens with one attached hydrogen (secondary N) is 2. The molecule has 0 fully saturated rings. The van der Waals surface area contributed by atoms with E-state index in [-0.39, 0.29) is 25.9 Å². The molecule has 0 radical (unpaired) electrons. The standard InChI is InChI=1S/C33H34N4O5/c1-6-20-16(2)26-13-31-23(15-38)19(5)25(37-31)11-24-17(3)21(7-9-32(39)40)29(35-24)14-30-22(8-10-33(41)42)18(4)27(36-30)12-28(20)34-26/h6,11-14,34,36,38H,1,7-10,15H2,2-5H3,(H,39,40)(H,41,42). The third-order valence-corrected chi connectivity index (χ3v) is 8.26. The first-order valence-electron chi connectivity index (χ1n) is 13.8. The number of hydrogen-bond acceptors (Lipinski definition) is 5. The van der Waals surface area contributed by atoms with Gasteiger partial charge >= 0.3 is 11.9 Å². The highest BCUT2D eigenvalue weighted by Crippen LogP contribution is 2.36. The Kier molecular flexibility index (Phi) is 7.71. The molecule has 5 N–H and O–H groups in total. The van der Waals surface area contributed by atoms with E-state index < -0.39 is 11.9 Å². The van der Waals surface area contributed by atoms with Gasteiger partial charge in [-0.05, 0) is 98.2 Å². The van der Waals surface area contributed by atoms with E-state index in [2.05, 4.69) is 16.5 Å². The molecule has 0 spiro atoms. The predicted octanol–water partition coefficient (Wildman–Crippen LogP) is 6.31. The summed E-state index contributed by atoms with van der Waals surface area (Å²) in [4.78, 5) is 39.8. The molecule has 2 aliphatic rings. The fraction of sp³-hybridized carbons (Fsp3) is 0.273. The lowest BCUT2D eigenvalue weighted by atomic mass is 10.00. The van der Waals surface area contributed by atoms with Crippen molar-refractivity contribution in [1.29, 1.82) is 0 Å². The Labute approximate surface area is 243 Å². The van der Waals surface area contributed by atoms with E-state index >= 15 is 0 Å². The van der Waals surface area contributed by atoms with Gasteiger partial charge in [-0.1, -0.05) is 12.7 Å². The zero-order valence-electron chi connectivity index (χ0n) is 24.2. The smallest absolute Gasteiger partial charge is 0.303 e. The molecular weight excluding hydrogens is 532 g/mol. The largest absolute Gasteiger partial charge is 0.481 e. The van der Waals surface area contributed by atoms with Crippen LogP contribution in [0, 0.1) is 13.8 Å². The second-order valence-corrected chi connectivity index (χ2v) is 10.7. The number of hydrogen-bond donors (Lipinski definition) is 5. The van der Waals surface area contributed by atoms with Crippen molar-refractivity contribution in [2.45, 2.75) is 53.4 Å². The molecule has 0 amide bonds. The van der Waals surface area contributed by atoms with Gasteiger partial charge in [-0.2, -0.15) is 0 Å². The second-order valence-electron chi connectivity index (χ2n) is 10.7. The number of carboxylic acid groups (broad SMARTS) is 2. The highest BCUT2D eigenvalue weighted by atomic mass is 16.4. The summed E-state index contributed by atoms with van der Waals surface area (Å²) in [5, 5.41) is 29.1. The van der Waals surface area contributed by atoms with Gasteiger partial charge in [0, 0.05) is 46.0 Å². The maximum Gasteiger partial charge on any atom is 0.303 e. The SMILES string of the molecule is C=Cc1c(C)c2cc3nc(cc4nc(cc5[nH]c(cc1[nH]2)c(C)c5CCC(=O)O)C(CCC(=O)O)=C4C)C(C)=C3CO. The van der Waals surface area contributed by atoms with E-state index in [1.54, 1.807) is 6.08 Å². The monoisotopic (exact) mass is 566 g/mol. The lowest BCUT2D eigenvalue weighted by Gasteiger charge is -2.03. The van der Waals surface area contributed by atoms with Crippen molar-refractivity contribution < 1.29 is 24.9 Å². The summed E-state index contributed by atoms with van der Waals surface area (Å²) in [6.07, 6.45) is 2.32. The second kappa shape index (κ2) is 11.3. The van der Waals surface area contributed by atoms with Gasteiger partial charge in [0.25, 0.3) is 0 Å². The van der Waals surface area contributed by atoms with Crippen molar-refractivity contribution in [2.24, 2.45) is 0 Å². The van der Waals surface area contributed by atoms with E-state index in [0.717, 1.165) is 66.6 Å². The predicted molar refractivity (Wildman–Crippen MR) is 165 cm³/mol. The summed E-state index contributed by atoms with van der Waals surface area (Å²) in [7, 11) is 0. The summed E-state index contributed by atoms with van der Waals surface area (Å²) >= 11 is 0. The van der Waals surface area contributed by atoms with Crippen molar-refractivity contribution in [3.8, 4) is 0 Å². The number of aryl methyl sites for hydroxylation is 3. The molecule has 3 aromatic heterocycles. The van der Waals surface area contributed by atoms with Crippen LogP contribution in [0.3, 0.4) is 0 Å². The molecule has 0 saturated carbocycles. The zero-order valence-corrected chi connectivity index (χ0v) is 24.2. The Balaban J connectivity index is 1.94. The van der Waals surface area contributed by atoms with Gasteiger partial charge in [0.1, 0.15) is 0 Å². The molecule has 42 heavy (non-hydrogen) atoms. The summed E-state index contributed by atoms with van der Waals surface area (Å²) in [5.74, 6) is -1.79. The maximum atomic E-state index is 11.5. The van der Waals surface area contributed by atoms with Crippen LogP contribution >= 0.6 is 0 Å². The Morgan fingerprint density at radius 1 is 0.738 bits per heavy atom. The average Bonchev–Trinajstić information content (AvgIpc) is 3.59. The van der Waals surface area contributed by atoms with E-state index in [9.17, 15) is 24.9 Å². The molecule has 0 atom stereocenters. The van der Waals surface area contributed by atoms with E-state index in [1.165, 1.54) is 0 Å². The quantitative estimate of drug-likeness (QED) is 0.214. The Bertz CT molecular complexity index is 1890. The molecule has 0 unspecified atom stereocenters. The molecule has 9 nitrogen and oxygen atoms in total. The molecule has 9 heteroatoms. The molecule has 0 saturated heterocycles. The number of aliphatic hydroxyl groups is 1. The van der Waals surface area contributed by atoms with Crippen LogP contribution in [0.15, 0.2) is 30.8 Å². The molecule has 3 aromatic rings. The van der Waals surface area contributed by atoms with Crippen molar-refractivity contribution in [2.75, 3.05) is 6.61 Å². The molecule has 2 aliphatic heterocycles. The first-order chi connectivity index (χ1) is 20.0. The first kappa shape index (κ1) is 28.8. The number of H-pyrrole nitrogens is 2. The van der Waals surface area contributed by atoms with Crippen LogP contribution in [0.5, 0.6) is 0 Å². The van der Waals surface area contributed by atoms with Crippen molar-refractivity contribution >= 4 is 62.4 Å². The normalized spacial score (nSPS) is 13.2. The first-order valence-corrected chi connectivity index (χ1v) is 13.8. The van der Waals surface area contributed by atoms with Gasteiger partial charge in [0.2, 0.25) is 0 Å². The van der Waals surface area contributed by atoms with Crippen LogP contribution in [0.2, 0.25) is 0 Å². The molecule has 5 heterocycles. The minimum atomic E-state index is -0.903. The molecule has 0 aliphatic carbocycles. The highest BCUT2D eigenvalue weighted by molar-refractivity contribution is 5.96. The third-order valence-electron chi connectivity index (χ3n) is 8.26. The molecule has 0 aromatic carbocycles. The number of allylic oxidation sites excluding steroid dienone is 3. The lowest BCUT2D eigenvalue weighted by molar-refractivity contribution is -0.137. The summed E-state index contributed by atoms with van der Waals surface area (Å²) in [6.45, 7) is 11.6. The Hall–Kier alpha value is -4.76. The number of carboxylic acids is 2. The number of aromatic amines is 2. The van der Waals surface area contributed by atoms with Gasteiger partial charge in [-0.15, -0.1) is 0 Å². The third kappa shape index (κ3) is 5.19. The van der Waals surface area contributed by atoms with Crippen LogP contribution in [0.4, 0.5) is 0 Å². The molecule has 5 rings (SSSR count). The van der Waals surface area contributed by atoms with E-state index in [1.807, 2.05) is 52.0 Å². The molecule has 8 bridgehead atoms. The van der Waals surface area contributed by atoms with Gasteiger partial charge in [0.05, 0.1) is 29.4 Å². The topological polar surface area (TPSA) is 152 Å². The van der Waals surface area contributed by atoms with Gasteiger partial charge in [-0.25, -0.2) is 9.97 Å². The molecular formula is C33H34N4O5. The minimum Gasteiger partial charge on any atom is -0.481 e. The number of aliphatic carboxylic acids is 2.